The maximum Gasteiger partial charge on any atom is 0.0672 e. The van der Waals surface area contributed by atoms with Crippen molar-refractivity contribution in [1.82, 2.24) is 4.90 Å². The zero-order valence-electron chi connectivity index (χ0n) is 13.8. The summed E-state index contributed by atoms with van der Waals surface area (Å²) in [5, 5.41) is 9.49. The fraction of sp³-hybridized carbons (Fsp3) is 0.632. The molecule has 0 N–H and O–H groups in total. The molecule has 2 nitrogen and oxygen atoms in total. The van der Waals surface area contributed by atoms with Gasteiger partial charge in [-0.3, -0.25) is 4.90 Å². The minimum Gasteiger partial charge on any atom is -0.298 e. The average molecular weight is 284 g/mol. The molecule has 114 valence electrons. The SMILES string of the molecule is CN(Cc1ccccc1)C1CC(C(C)(C)C)CCC1C#N. The maximum absolute atomic E-state index is 9.49. The summed E-state index contributed by atoms with van der Waals surface area (Å²) >= 11 is 0. The molecular weight excluding hydrogens is 256 g/mol. The summed E-state index contributed by atoms with van der Waals surface area (Å²) in [6, 6.07) is 13.5. The minimum absolute atomic E-state index is 0.178. The Kier molecular flexibility index (Phi) is 5.06. The van der Waals surface area contributed by atoms with E-state index in [9.17, 15) is 5.26 Å². The molecule has 0 amide bonds. The molecule has 1 aromatic carbocycles. The molecule has 0 bridgehead atoms. The topological polar surface area (TPSA) is 27.0 Å². The standard InChI is InChI=1S/C19H28N2/c1-19(2,3)17-11-10-16(13-20)18(12-17)21(4)14-15-8-6-5-7-9-15/h5-9,16-18H,10-12,14H2,1-4H3. The van der Waals surface area contributed by atoms with Crippen LogP contribution in [-0.4, -0.2) is 18.0 Å². The average Bonchev–Trinajstić information content (AvgIpc) is 2.46. The Morgan fingerprint density at radius 1 is 1.19 bits per heavy atom. The number of benzene rings is 1. The smallest absolute Gasteiger partial charge is 0.0672 e. The predicted molar refractivity (Wildman–Crippen MR) is 87.6 cm³/mol. The van der Waals surface area contributed by atoms with Crippen molar-refractivity contribution in [2.45, 2.75) is 52.6 Å². The molecule has 1 aliphatic carbocycles. The van der Waals surface area contributed by atoms with E-state index in [0.717, 1.165) is 19.4 Å². The summed E-state index contributed by atoms with van der Waals surface area (Å²) in [7, 11) is 2.17. The Labute approximate surface area is 129 Å². The second-order valence-corrected chi connectivity index (χ2v) is 7.58. The highest BCUT2D eigenvalue weighted by atomic mass is 15.1. The molecule has 1 aliphatic rings. The maximum atomic E-state index is 9.49. The molecule has 3 atom stereocenters. The fourth-order valence-corrected chi connectivity index (χ4v) is 3.56. The van der Waals surface area contributed by atoms with Gasteiger partial charge in [0.2, 0.25) is 0 Å². The van der Waals surface area contributed by atoms with E-state index in [1.807, 2.05) is 0 Å². The molecule has 0 saturated heterocycles. The van der Waals surface area contributed by atoms with Crippen molar-refractivity contribution in [2.75, 3.05) is 7.05 Å². The van der Waals surface area contributed by atoms with Gasteiger partial charge in [-0.15, -0.1) is 0 Å². The Morgan fingerprint density at radius 3 is 2.43 bits per heavy atom. The van der Waals surface area contributed by atoms with Crippen molar-refractivity contribution in [3.05, 3.63) is 35.9 Å². The van der Waals surface area contributed by atoms with Crippen molar-refractivity contribution >= 4 is 0 Å². The van der Waals surface area contributed by atoms with Crippen LogP contribution in [-0.2, 0) is 6.54 Å². The lowest BCUT2D eigenvalue weighted by Crippen LogP contribution is -2.44. The van der Waals surface area contributed by atoms with Crippen molar-refractivity contribution in [2.24, 2.45) is 17.3 Å². The number of nitrogens with zero attached hydrogens (tertiary/aromatic N) is 2. The van der Waals surface area contributed by atoms with Gasteiger partial charge in [-0.1, -0.05) is 51.1 Å². The van der Waals surface area contributed by atoms with Gasteiger partial charge < -0.3 is 0 Å². The van der Waals surface area contributed by atoms with Gasteiger partial charge in [-0.25, -0.2) is 0 Å². The van der Waals surface area contributed by atoms with Crippen molar-refractivity contribution in [3.8, 4) is 6.07 Å². The van der Waals surface area contributed by atoms with E-state index in [-0.39, 0.29) is 5.92 Å². The zero-order chi connectivity index (χ0) is 15.5. The Bertz CT molecular complexity index is 481. The molecular formula is C19H28N2. The van der Waals surface area contributed by atoms with Crippen LogP contribution in [0.5, 0.6) is 0 Å². The number of rotatable bonds is 3. The molecule has 2 rings (SSSR count). The summed E-state index contributed by atoms with van der Waals surface area (Å²) in [5.41, 5.74) is 1.67. The van der Waals surface area contributed by atoms with Crippen LogP contribution in [0.15, 0.2) is 30.3 Å². The van der Waals surface area contributed by atoms with Crippen LogP contribution < -0.4 is 0 Å². The summed E-state index contributed by atoms with van der Waals surface area (Å²) < 4.78 is 0. The number of hydrogen-bond acceptors (Lipinski definition) is 2. The Hall–Kier alpha value is -1.33. The normalized spacial score (nSPS) is 26.6. The molecule has 3 unspecified atom stereocenters. The van der Waals surface area contributed by atoms with Crippen LogP contribution in [0.3, 0.4) is 0 Å². The Morgan fingerprint density at radius 2 is 1.86 bits per heavy atom. The van der Waals surface area contributed by atoms with Crippen molar-refractivity contribution in [1.29, 1.82) is 5.26 Å². The van der Waals surface area contributed by atoms with Crippen LogP contribution in [0.25, 0.3) is 0 Å². The summed E-state index contributed by atoms with van der Waals surface area (Å²) in [6.07, 6.45) is 3.38. The molecule has 1 fully saturated rings. The molecule has 0 aliphatic heterocycles. The molecule has 1 aromatic rings. The van der Waals surface area contributed by atoms with Gasteiger partial charge in [-0.05, 0) is 43.2 Å². The van der Waals surface area contributed by atoms with Crippen molar-refractivity contribution in [3.63, 3.8) is 0 Å². The van der Waals surface area contributed by atoms with Crippen LogP contribution in [0.2, 0.25) is 0 Å². The minimum atomic E-state index is 0.178. The second kappa shape index (κ2) is 6.62. The van der Waals surface area contributed by atoms with Crippen LogP contribution in [0.4, 0.5) is 0 Å². The van der Waals surface area contributed by atoms with Gasteiger partial charge >= 0.3 is 0 Å². The van der Waals surface area contributed by atoms with E-state index in [1.54, 1.807) is 0 Å². The molecule has 1 saturated carbocycles. The number of hydrogen-bond donors (Lipinski definition) is 0. The van der Waals surface area contributed by atoms with Crippen LogP contribution in [0, 0.1) is 28.6 Å². The molecule has 0 spiro atoms. The third kappa shape index (κ3) is 4.08. The van der Waals surface area contributed by atoms with Gasteiger partial charge in [0, 0.05) is 12.6 Å². The Balaban J connectivity index is 2.08. The molecule has 21 heavy (non-hydrogen) atoms. The lowest BCUT2D eigenvalue weighted by molar-refractivity contribution is 0.0713. The van der Waals surface area contributed by atoms with E-state index in [0.29, 0.717) is 17.4 Å². The predicted octanol–water partition coefficient (Wildman–Crippen LogP) is 4.47. The first-order chi connectivity index (χ1) is 9.91. The van der Waals surface area contributed by atoms with E-state index in [1.165, 1.54) is 12.0 Å². The van der Waals surface area contributed by atoms with Crippen LogP contribution in [0.1, 0.15) is 45.6 Å². The van der Waals surface area contributed by atoms with Gasteiger partial charge in [0.25, 0.3) is 0 Å². The first kappa shape index (κ1) is 16.0. The van der Waals surface area contributed by atoms with E-state index < -0.39 is 0 Å². The molecule has 0 heterocycles. The first-order valence-corrected chi connectivity index (χ1v) is 8.05. The highest BCUT2D eigenvalue weighted by Crippen LogP contribution is 2.41. The highest BCUT2D eigenvalue weighted by molar-refractivity contribution is 5.15. The third-order valence-electron chi connectivity index (χ3n) is 5.05. The monoisotopic (exact) mass is 284 g/mol. The van der Waals surface area contributed by atoms with Gasteiger partial charge in [-0.2, -0.15) is 5.26 Å². The summed E-state index contributed by atoms with van der Waals surface area (Å²) in [6.45, 7) is 7.93. The fourth-order valence-electron chi connectivity index (χ4n) is 3.56. The van der Waals surface area contributed by atoms with Gasteiger partial charge in [0.15, 0.2) is 0 Å². The van der Waals surface area contributed by atoms with E-state index >= 15 is 0 Å². The highest BCUT2D eigenvalue weighted by Gasteiger charge is 2.37. The van der Waals surface area contributed by atoms with Crippen molar-refractivity contribution < 1.29 is 0 Å². The summed E-state index contributed by atoms with van der Waals surface area (Å²) in [5.74, 6) is 0.891. The van der Waals surface area contributed by atoms with E-state index in [2.05, 4.69) is 69.1 Å². The first-order valence-electron chi connectivity index (χ1n) is 8.05. The van der Waals surface area contributed by atoms with E-state index in [4.69, 9.17) is 0 Å². The zero-order valence-corrected chi connectivity index (χ0v) is 13.8. The quantitative estimate of drug-likeness (QED) is 0.818. The molecule has 0 aromatic heterocycles. The molecule has 0 radical (unpaired) electrons. The largest absolute Gasteiger partial charge is 0.298 e. The summed E-state index contributed by atoms with van der Waals surface area (Å²) in [4.78, 5) is 2.39. The third-order valence-corrected chi connectivity index (χ3v) is 5.05. The number of nitriles is 1. The second-order valence-electron chi connectivity index (χ2n) is 7.58. The van der Waals surface area contributed by atoms with Gasteiger partial charge in [0.1, 0.15) is 0 Å². The lowest BCUT2D eigenvalue weighted by Gasteiger charge is -2.43. The molecule has 2 heteroatoms. The lowest BCUT2D eigenvalue weighted by atomic mass is 9.68. The van der Waals surface area contributed by atoms with Crippen LogP contribution >= 0.6 is 0 Å². The van der Waals surface area contributed by atoms with Gasteiger partial charge in [0.05, 0.1) is 12.0 Å².